The Morgan fingerprint density at radius 1 is 1.29 bits per heavy atom. The molecule has 2 N–H and O–H groups in total. The lowest BCUT2D eigenvalue weighted by molar-refractivity contribution is 0.0644. The van der Waals surface area contributed by atoms with Gasteiger partial charge in [0.05, 0.1) is 0 Å². The minimum atomic E-state index is -0.0312. The van der Waals surface area contributed by atoms with Crippen LogP contribution < -0.4 is 10.5 Å². The number of aryl methyl sites for hydroxylation is 1. The first-order valence-electron chi connectivity index (χ1n) is 4.68. The van der Waals surface area contributed by atoms with E-state index in [0.717, 1.165) is 5.75 Å². The van der Waals surface area contributed by atoms with Crippen LogP contribution in [0.25, 0.3) is 0 Å². The van der Waals surface area contributed by atoms with Gasteiger partial charge in [-0.3, -0.25) is 0 Å². The van der Waals surface area contributed by atoms with Crippen molar-refractivity contribution in [2.45, 2.75) is 13.0 Å². The summed E-state index contributed by atoms with van der Waals surface area (Å²) in [6.45, 7) is 3.01. The highest BCUT2D eigenvalue weighted by Gasteiger charge is 2.04. The highest BCUT2D eigenvalue weighted by molar-refractivity contribution is 5.26. The maximum Gasteiger partial charge on any atom is 0.119 e. The molecule has 1 atom stereocenters. The quantitative estimate of drug-likeness (QED) is 0.771. The van der Waals surface area contributed by atoms with Crippen molar-refractivity contribution >= 4 is 0 Å². The monoisotopic (exact) mass is 195 g/mol. The van der Waals surface area contributed by atoms with Crippen LogP contribution in [0.2, 0.25) is 0 Å². The molecule has 0 bridgehead atoms. The summed E-state index contributed by atoms with van der Waals surface area (Å²) in [5, 5.41) is 0. The van der Waals surface area contributed by atoms with Crippen molar-refractivity contribution in [2.24, 2.45) is 5.73 Å². The molecule has 78 valence electrons. The van der Waals surface area contributed by atoms with Gasteiger partial charge in [-0.1, -0.05) is 17.7 Å². The van der Waals surface area contributed by atoms with E-state index >= 15 is 0 Å². The zero-order valence-electron chi connectivity index (χ0n) is 8.69. The molecule has 0 saturated carbocycles. The van der Waals surface area contributed by atoms with Gasteiger partial charge in [0.1, 0.15) is 18.5 Å². The molecule has 1 unspecified atom stereocenters. The lowest BCUT2D eigenvalue weighted by Gasteiger charge is -2.13. The smallest absolute Gasteiger partial charge is 0.119 e. The first-order chi connectivity index (χ1) is 6.76. The molecular weight excluding hydrogens is 178 g/mol. The molecule has 0 spiro atoms. The van der Waals surface area contributed by atoms with Gasteiger partial charge in [-0.15, -0.1) is 0 Å². The molecule has 0 aliphatic heterocycles. The minimum absolute atomic E-state index is 0.0312. The second-order valence-electron chi connectivity index (χ2n) is 3.22. The van der Waals surface area contributed by atoms with Crippen LogP contribution in [0.3, 0.4) is 0 Å². The van der Waals surface area contributed by atoms with Gasteiger partial charge >= 0.3 is 0 Å². The predicted octanol–water partition coefficient (Wildman–Crippen LogP) is 1.35. The number of hydrogen-bond donors (Lipinski definition) is 1. The van der Waals surface area contributed by atoms with E-state index in [4.69, 9.17) is 15.2 Å². The van der Waals surface area contributed by atoms with Crippen LogP contribution in [0.15, 0.2) is 24.3 Å². The molecule has 0 fully saturated rings. The molecule has 3 nitrogen and oxygen atoms in total. The summed E-state index contributed by atoms with van der Waals surface area (Å²) >= 11 is 0. The number of benzene rings is 1. The maximum atomic E-state index is 5.50. The van der Waals surface area contributed by atoms with Crippen molar-refractivity contribution in [2.75, 3.05) is 20.3 Å². The molecule has 0 heterocycles. The first kappa shape index (κ1) is 11.0. The van der Waals surface area contributed by atoms with Gasteiger partial charge in [0.2, 0.25) is 0 Å². The molecule has 0 aliphatic carbocycles. The van der Waals surface area contributed by atoms with E-state index in [1.165, 1.54) is 5.56 Å². The molecule has 0 amide bonds. The summed E-state index contributed by atoms with van der Waals surface area (Å²) in [4.78, 5) is 0. The molecule has 0 radical (unpaired) electrons. The summed E-state index contributed by atoms with van der Waals surface area (Å²) in [5.41, 5.74) is 6.69. The summed E-state index contributed by atoms with van der Waals surface area (Å²) in [5.74, 6) is 0.853. The van der Waals surface area contributed by atoms with E-state index in [1.54, 1.807) is 7.11 Å². The zero-order chi connectivity index (χ0) is 10.4. The van der Waals surface area contributed by atoms with Gasteiger partial charge in [-0.05, 0) is 19.1 Å². The molecule has 14 heavy (non-hydrogen) atoms. The second kappa shape index (κ2) is 5.62. The summed E-state index contributed by atoms with van der Waals surface area (Å²) < 4.78 is 10.6. The number of methoxy groups -OCH3 is 1. The Labute approximate surface area is 84.8 Å². The fourth-order valence-electron chi connectivity index (χ4n) is 1.06. The lowest BCUT2D eigenvalue weighted by Crippen LogP contribution is -2.28. The summed E-state index contributed by atoms with van der Waals surface area (Å²) in [6.07, 6.45) is -0.0312. The zero-order valence-corrected chi connectivity index (χ0v) is 8.69. The van der Waals surface area contributed by atoms with Crippen LogP contribution in [0.4, 0.5) is 0 Å². The second-order valence-corrected chi connectivity index (χ2v) is 3.22. The highest BCUT2D eigenvalue weighted by Crippen LogP contribution is 2.11. The molecule has 1 aromatic rings. The number of nitrogens with two attached hydrogens (primary N) is 1. The van der Waals surface area contributed by atoms with Crippen LogP contribution in [0.1, 0.15) is 5.56 Å². The van der Waals surface area contributed by atoms with Crippen LogP contribution >= 0.6 is 0 Å². The van der Waals surface area contributed by atoms with E-state index in [-0.39, 0.29) is 6.10 Å². The van der Waals surface area contributed by atoms with Crippen molar-refractivity contribution in [1.82, 2.24) is 0 Å². The SMILES string of the molecule is COC(CN)COc1ccc(C)cc1. The van der Waals surface area contributed by atoms with Crippen LogP contribution in [0, 0.1) is 6.92 Å². The Bertz CT molecular complexity index is 254. The lowest BCUT2D eigenvalue weighted by atomic mass is 10.2. The predicted molar refractivity (Wildman–Crippen MR) is 56.5 cm³/mol. The molecule has 1 rings (SSSR count). The Morgan fingerprint density at radius 2 is 1.93 bits per heavy atom. The maximum absolute atomic E-state index is 5.50. The van der Waals surface area contributed by atoms with Crippen LogP contribution in [-0.2, 0) is 4.74 Å². The van der Waals surface area contributed by atoms with Gasteiger partial charge < -0.3 is 15.2 Å². The van der Waals surface area contributed by atoms with E-state index in [9.17, 15) is 0 Å². The van der Waals surface area contributed by atoms with Crippen molar-refractivity contribution in [1.29, 1.82) is 0 Å². The average molecular weight is 195 g/mol. The van der Waals surface area contributed by atoms with E-state index in [1.807, 2.05) is 31.2 Å². The third-order valence-electron chi connectivity index (χ3n) is 2.05. The first-order valence-corrected chi connectivity index (χ1v) is 4.68. The van der Waals surface area contributed by atoms with Gasteiger partial charge in [0.25, 0.3) is 0 Å². The van der Waals surface area contributed by atoms with Gasteiger partial charge in [-0.25, -0.2) is 0 Å². The third kappa shape index (κ3) is 3.36. The summed E-state index contributed by atoms with van der Waals surface area (Å²) in [6, 6.07) is 7.91. The van der Waals surface area contributed by atoms with Crippen LogP contribution in [-0.4, -0.2) is 26.4 Å². The summed E-state index contributed by atoms with van der Waals surface area (Å²) in [7, 11) is 1.63. The van der Waals surface area contributed by atoms with Crippen LogP contribution in [0.5, 0.6) is 5.75 Å². The third-order valence-corrected chi connectivity index (χ3v) is 2.05. The Hall–Kier alpha value is -1.06. The van der Waals surface area contributed by atoms with Crippen molar-refractivity contribution in [3.8, 4) is 5.75 Å². The Kier molecular flexibility index (Phi) is 4.43. The fourth-order valence-corrected chi connectivity index (χ4v) is 1.06. The minimum Gasteiger partial charge on any atom is -0.491 e. The molecule has 0 saturated heterocycles. The van der Waals surface area contributed by atoms with Gasteiger partial charge in [0.15, 0.2) is 0 Å². The largest absolute Gasteiger partial charge is 0.491 e. The number of rotatable bonds is 5. The van der Waals surface area contributed by atoms with Crippen molar-refractivity contribution in [3.63, 3.8) is 0 Å². The highest BCUT2D eigenvalue weighted by atomic mass is 16.5. The Balaban J connectivity index is 2.41. The molecule has 0 aliphatic rings. The topological polar surface area (TPSA) is 44.5 Å². The van der Waals surface area contributed by atoms with E-state index in [0.29, 0.717) is 13.2 Å². The fraction of sp³-hybridized carbons (Fsp3) is 0.455. The van der Waals surface area contributed by atoms with E-state index in [2.05, 4.69) is 0 Å². The van der Waals surface area contributed by atoms with Crippen molar-refractivity contribution in [3.05, 3.63) is 29.8 Å². The van der Waals surface area contributed by atoms with Gasteiger partial charge in [-0.2, -0.15) is 0 Å². The molecular formula is C11H17NO2. The number of hydrogen-bond acceptors (Lipinski definition) is 3. The van der Waals surface area contributed by atoms with E-state index < -0.39 is 0 Å². The Morgan fingerprint density at radius 3 is 2.43 bits per heavy atom. The average Bonchev–Trinajstić information content (AvgIpc) is 2.22. The van der Waals surface area contributed by atoms with Gasteiger partial charge in [0, 0.05) is 13.7 Å². The normalized spacial score (nSPS) is 12.5. The standard InChI is InChI=1S/C11H17NO2/c1-9-3-5-10(6-4-9)14-8-11(7-12)13-2/h3-6,11H,7-8,12H2,1-2H3. The molecule has 1 aromatic carbocycles. The van der Waals surface area contributed by atoms with Crippen molar-refractivity contribution < 1.29 is 9.47 Å². The molecule has 0 aromatic heterocycles. The number of ether oxygens (including phenoxy) is 2. The molecule has 3 heteroatoms.